The predicted octanol–water partition coefficient (Wildman–Crippen LogP) is 1.41. The molecule has 3 aliphatic rings. The van der Waals surface area contributed by atoms with Crippen LogP contribution in [0.15, 0.2) is 12.2 Å². The second kappa shape index (κ2) is 3.83. The number of esters is 1. The lowest BCUT2D eigenvalue weighted by molar-refractivity contribution is -0.216. The van der Waals surface area contributed by atoms with Crippen molar-refractivity contribution < 1.29 is 19.7 Å². The highest BCUT2D eigenvalue weighted by atomic mass is 16.6. The molecule has 0 radical (unpaired) electrons. The Morgan fingerprint density at radius 1 is 1.42 bits per heavy atom. The number of rotatable bonds is 0. The van der Waals surface area contributed by atoms with Crippen molar-refractivity contribution in [3.8, 4) is 0 Å². The predicted molar refractivity (Wildman–Crippen MR) is 69.2 cm³/mol. The fraction of sp³-hybridized carbons (Fsp3) is 0.800. The van der Waals surface area contributed by atoms with E-state index in [2.05, 4.69) is 6.58 Å². The lowest BCUT2D eigenvalue weighted by Crippen LogP contribution is -2.67. The van der Waals surface area contributed by atoms with Gasteiger partial charge in [0.05, 0.1) is 12.0 Å². The number of hydrogen-bond acceptors (Lipinski definition) is 4. The number of ether oxygens (including phenoxy) is 1. The summed E-state index contributed by atoms with van der Waals surface area (Å²) in [5.74, 6) is -0.376. The van der Waals surface area contributed by atoms with Crippen LogP contribution in [0, 0.1) is 17.3 Å². The highest BCUT2D eigenvalue weighted by Gasteiger charge is 2.67. The molecule has 2 saturated carbocycles. The zero-order valence-corrected chi connectivity index (χ0v) is 11.6. The van der Waals surface area contributed by atoms with Gasteiger partial charge in [-0.15, -0.1) is 0 Å². The van der Waals surface area contributed by atoms with Crippen molar-refractivity contribution >= 4 is 5.97 Å². The number of aliphatic hydroxyl groups excluding tert-OH is 1. The molecule has 0 aromatic rings. The molecule has 1 aliphatic heterocycles. The van der Waals surface area contributed by atoms with E-state index in [0.29, 0.717) is 24.8 Å². The normalized spacial score (nSPS) is 53.5. The van der Waals surface area contributed by atoms with Crippen LogP contribution in [0.2, 0.25) is 0 Å². The van der Waals surface area contributed by atoms with Crippen LogP contribution in [0.25, 0.3) is 0 Å². The van der Waals surface area contributed by atoms with Gasteiger partial charge in [-0.25, -0.2) is 0 Å². The standard InChI is InChI=1S/C15H22O4/c1-8-4-5-11(16)14(3)7-6-10-9(2)13(17)19-12(10)15(8,14)18/h9-12,16,18H,1,4-7H2,2-3H3/t9-,10-,11-,12+,14+,15+/m1/s1. The number of hydrogen-bond donors (Lipinski definition) is 2. The van der Waals surface area contributed by atoms with E-state index in [4.69, 9.17) is 4.74 Å². The first-order valence-corrected chi connectivity index (χ1v) is 7.11. The van der Waals surface area contributed by atoms with Crippen LogP contribution in [0.1, 0.15) is 39.5 Å². The summed E-state index contributed by atoms with van der Waals surface area (Å²) in [6.07, 6.45) is 1.60. The maximum Gasteiger partial charge on any atom is 0.309 e. The van der Waals surface area contributed by atoms with Crippen LogP contribution >= 0.6 is 0 Å². The summed E-state index contributed by atoms with van der Waals surface area (Å²) < 4.78 is 5.47. The molecule has 3 rings (SSSR count). The molecule has 106 valence electrons. The Labute approximate surface area is 113 Å². The average Bonchev–Trinajstić information content (AvgIpc) is 2.66. The molecule has 0 unspecified atom stereocenters. The van der Waals surface area contributed by atoms with E-state index in [1.165, 1.54) is 0 Å². The summed E-state index contributed by atoms with van der Waals surface area (Å²) in [5, 5.41) is 21.6. The molecule has 4 nitrogen and oxygen atoms in total. The molecule has 0 bridgehead atoms. The van der Waals surface area contributed by atoms with Crippen molar-refractivity contribution in [2.24, 2.45) is 17.3 Å². The first kappa shape index (κ1) is 13.1. The van der Waals surface area contributed by atoms with E-state index >= 15 is 0 Å². The van der Waals surface area contributed by atoms with E-state index in [9.17, 15) is 15.0 Å². The Balaban J connectivity index is 2.08. The van der Waals surface area contributed by atoms with Gasteiger partial charge in [0.1, 0.15) is 11.7 Å². The van der Waals surface area contributed by atoms with Crippen LogP contribution in [0.3, 0.4) is 0 Å². The Bertz CT molecular complexity index is 445. The SMILES string of the molecule is C=C1CC[C@@H](O)[C@]2(C)CC[C@@H]3[C@@H](C)C(=O)O[C@@H]3[C@@]12O. The van der Waals surface area contributed by atoms with Crippen LogP contribution in [-0.2, 0) is 9.53 Å². The molecule has 6 atom stereocenters. The smallest absolute Gasteiger partial charge is 0.309 e. The lowest BCUT2D eigenvalue weighted by Gasteiger charge is -2.58. The van der Waals surface area contributed by atoms with Gasteiger partial charge in [0.25, 0.3) is 0 Å². The molecule has 1 heterocycles. The van der Waals surface area contributed by atoms with Crippen LogP contribution < -0.4 is 0 Å². The summed E-state index contributed by atoms with van der Waals surface area (Å²) in [4.78, 5) is 11.8. The number of carbonyl (C=O) groups excluding carboxylic acids is 1. The minimum absolute atomic E-state index is 0.0348. The van der Waals surface area contributed by atoms with Gasteiger partial charge in [-0.3, -0.25) is 4.79 Å². The third kappa shape index (κ3) is 1.39. The molecule has 0 aromatic heterocycles. The summed E-state index contributed by atoms with van der Waals surface area (Å²) in [5.41, 5.74) is -1.24. The van der Waals surface area contributed by atoms with E-state index in [-0.39, 0.29) is 17.8 Å². The Morgan fingerprint density at radius 3 is 2.79 bits per heavy atom. The monoisotopic (exact) mass is 266 g/mol. The van der Waals surface area contributed by atoms with Crippen LogP contribution in [0.5, 0.6) is 0 Å². The minimum atomic E-state index is -1.28. The molecule has 4 heteroatoms. The maximum atomic E-state index is 11.8. The van der Waals surface area contributed by atoms with Gasteiger partial charge in [0.2, 0.25) is 0 Å². The Hall–Kier alpha value is -0.870. The van der Waals surface area contributed by atoms with Crippen molar-refractivity contribution in [1.82, 2.24) is 0 Å². The van der Waals surface area contributed by atoms with Gasteiger partial charge in [0, 0.05) is 11.3 Å². The van der Waals surface area contributed by atoms with Gasteiger partial charge >= 0.3 is 5.97 Å². The summed E-state index contributed by atoms with van der Waals surface area (Å²) in [7, 11) is 0. The topological polar surface area (TPSA) is 66.8 Å². The number of aliphatic hydroxyl groups is 2. The highest BCUT2D eigenvalue weighted by molar-refractivity contribution is 5.75. The zero-order valence-electron chi connectivity index (χ0n) is 11.6. The maximum absolute atomic E-state index is 11.8. The van der Waals surface area contributed by atoms with Gasteiger partial charge in [-0.1, -0.05) is 20.4 Å². The summed E-state index contributed by atoms with van der Waals surface area (Å²) >= 11 is 0. The molecule has 3 fully saturated rings. The van der Waals surface area contributed by atoms with Crippen molar-refractivity contribution in [2.75, 3.05) is 0 Å². The highest BCUT2D eigenvalue weighted by Crippen LogP contribution is 2.59. The van der Waals surface area contributed by atoms with Crippen LogP contribution in [-0.4, -0.2) is 34.0 Å². The molecule has 0 spiro atoms. The first-order valence-electron chi connectivity index (χ1n) is 7.11. The van der Waals surface area contributed by atoms with Crippen molar-refractivity contribution in [3.63, 3.8) is 0 Å². The zero-order chi connectivity index (χ0) is 14.0. The first-order chi connectivity index (χ1) is 8.82. The van der Waals surface area contributed by atoms with Gasteiger partial charge in [-0.05, 0) is 31.3 Å². The second-order valence-corrected chi connectivity index (χ2v) is 6.69. The van der Waals surface area contributed by atoms with Gasteiger partial charge in [0.15, 0.2) is 0 Å². The fourth-order valence-electron chi connectivity index (χ4n) is 4.38. The van der Waals surface area contributed by atoms with Crippen molar-refractivity contribution in [1.29, 1.82) is 0 Å². The van der Waals surface area contributed by atoms with E-state index in [0.717, 1.165) is 6.42 Å². The number of fused-ring (bicyclic) bond motifs is 3. The summed E-state index contributed by atoms with van der Waals surface area (Å²) in [6, 6.07) is 0. The number of carbonyl (C=O) groups is 1. The van der Waals surface area contributed by atoms with Crippen molar-refractivity contribution in [3.05, 3.63) is 12.2 Å². The Kier molecular flexibility index (Phi) is 2.64. The molecule has 19 heavy (non-hydrogen) atoms. The van der Waals surface area contributed by atoms with E-state index < -0.39 is 23.2 Å². The summed E-state index contributed by atoms with van der Waals surface area (Å²) in [6.45, 7) is 7.77. The minimum Gasteiger partial charge on any atom is -0.458 e. The quantitative estimate of drug-likeness (QED) is 0.514. The van der Waals surface area contributed by atoms with Crippen LogP contribution in [0.4, 0.5) is 0 Å². The van der Waals surface area contributed by atoms with Crippen molar-refractivity contribution in [2.45, 2.75) is 57.3 Å². The molecular formula is C15H22O4. The van der Waals surface area contributed by atoms with Gasteiger partial charge in [-0.2, -0.15) is 0 Å². The van der Waals surface area contributed by atoms with E-state index in [1.807, 2.05) is 13.8 Å². The van der Waals surface area contributed by atoms with Gasteiger partial charge < -0.3 is 14.9 Å². The van der Waals surface area contributed by atoms with E-state index in [1.54, 1.807) is 0 Å². The molecule has 2 N–H and O–H groups in total. The third-order valence-electron chi connectivity index (χ3n) is 5.92. The average molecular weight is 266 g/mol. The second-order valence-electron chi connectivity index (χ2n) is 6.69. The third-order valence-corrected chi connectivity index (χ3v) is 5.92. The molecule has 2 aliphatic carbocycles. The molecule has 1 saturated heterocycles. The molecule has 0 amide bonds. The Morgan fingerprint density at radius 2 is 2.11 bits per heavy atom. The fourth-order valence-corrected chi connectivity index (χ4v) is 4.38. The molecule has 0 aromatic carbocycles. The molecular weight excluding hydrogens is 244 g/mol. The largest absolute Gasteiger partial charge is 0.458 e. The lowest BCUT2D eigenvalue weighted by atomic mass is 9.51.